The van der Waals surface area contributed by atoms with Gasteiger partial charge in [0.25, 0.3) is 0 Å². The summed E-state index contributed by atoms with van der Waals surface area (Å²) >= 11 is 0. The van der Waals surface area contributed by atoms with Crippen LogP contribution in [0, 0.1) is 19.8 Å². The van der Waals surface area contributed by atoms with Crippen molar-refractivity contribution in [1.82, 2.24) is 14.5 Å². The average molecular weight is 302 g/mol. The van der Waals surface area contributed by atoms with Gasteiger partial charge >= 0.3 is 0 Å². The van der Waals surface area contributed by atoms with Crippen molar-refractivity contribution in [3.8, 4) is 0 Å². The standard InChI is InChI=1S/C13H26N4O2S/c1-10(2)6-8-15-20(18,19)13-11(3)16-17(12(13)4)9-5-7-14/h10,15H,5-9,14H2,1-4H3. The molecule has 0 amide bonds. The minimum atomic E-state index is -3.49. The summed E-state index contributed by atoms with van der Waals surface area (Å²) in [5, 5.41) is 4.30. The highest BCUT2D eigenvalue weighted by atomic mass is 32.2. The molecule has 0 spiro atoms. The fraction of sp³-hybridized carbons (Fsp3) is 0.769. The van der Waals surface area contributed by atoms with E-state index in [-0.39, 0.29) is 0 Å². The van der Waals surface area contributed by atoms with E-state index < -0.39 is 10.0 Å². The zero-order valence-electron chi connectivity index (χ0n) is 12.8. The van der Waals surface area contributed by atoms with Crippen LogP contribution in [-0.2, 0) is 16.6 Å². The topological polar surface area (TPSA) is 90.0 Å². The molecule has 1 rings (SSSR count). The Bertz CT molecular complexity index is 535. The Morgan fingerprint density at radius 2 is 2.00 bits per heavy atom. The lowest BCUT2D eigenvalue weighted by Gasteiger charge is -2.09. The molecule has 0 aliphatic carbocycles. The molecular formula is C13H26N4O2S. The van der Waals surface area contributed by atoms with Crippen LogP contribution in [0.25, 0.3) is 0 Å². The second kappa shape index (κ2) is 7.19. The summed E-state index contributed by atoms with van der Waals surface area (Å²) in [5.74, 6) is 0.465. The van der Waals surface area contributed by atoms with Crippen molar-refractivity contribution >= 4 is 10.0 Å². The van der Waals surface area contributed by atoms with Gasteiger partial charge in [0.05, 0.1) is 11.4 Å². The molecule has 7 heteroatoms. The van der Waals surface area contributed by atoms with E-state index in [0.29, 0.717) is 41.8 Å². The zero-order valence-corrected chi connectivity index (χ0v) is 13.6. The van der Waals surface area contributed by atoms with Gasteiger partial charge in [-0.05, 0) is 39.2 Å². The maximum absolute atomic E-state index is 12.4. The predicted molar refractivity (Wildman–Crippen MR) is 80.0 cm³/mol. The molecule has 0 aliphatic heterocycles. The first-order valence-electron chi connectivity index (χ1n) is 7.03. The van der Waals surface area contributed by atoms with Crippen LogP contribution in [0.3, 0.4) is 0 Å². The molecule has 0 saturated heterocycles. The Morgan fingerprint density at radius 3 is 2.55 bits per heavy atom. The molecule has 1 aromatic heterocycles. The molecule has 3 N–H and O–H groups in total. The molecule has 0 aromatic carbocycles. The van der Waals surface area contributed by atoms with Crippen LogP contribution in [0.5, 0.6) is 0 Å². The van der Waals surface area contributed by atoms with Gasteiger partial charge in [-0.3, -0.25) is 4.68 Å². The van der Waals surface area contributed by atoms with E-state index in [2.05, 4.69) is 23.7 Å². The molecule has 6 nitrogen and oxygen atoms in total. The number of rotatable bonds is 8. The van der Waals surface area contributed by atoms with Crippen molar-refractivity contribution < 1.29 is 8.42 Å². The van der Waals surface area contributed by atoms with Crippen molar-refractivity contribution in [2.24, 2.45) is 11.7 Å². The quantitative estimate of drug-likeness (QED) is 0.754. The third-order valence-electron chi connectivity index (χ3n) is 3.17. The molecule has 0 aliphatic rings. The highest BCUT2D eigenvalue weighted by molar-refractivity contribution is 7.89. The van der Waals surface area contributed by atoms with Crippen molar-refractivity contribution in [3.63, 3.8) is 0 Å². The van der Waals surface area contributed by atoms with E-state index in [1.807, 2.05) is 0 Å². The van der Waals surface area contributed by atoms with Gasteiger partial charge in [0, 0.05) is 13.1 Å². The van der Waals surface area contributed by atoms with E-state index in [0.717, 1.165) is 12.8 Å². The zero-order chi connectivity index (χ0) is 15.3. The second-order valence-corrected chi connectivity index (χ2v) is 7.15. The van der Waals surface area contributed by atoms with Crippen LogP contribution in [0.1, 0.15) is 38.1 Å². The highest BCUT2D eigenvalue weighted by Gasteiger charge is 2.24. The Hall–Kier alpha value is -0.920. The van der Waals surface area contributed by atoms with Crippen molar-refractivity contribution in [3.05, 3.63) is 11.4 Å². The van der Waals surface area contributed by atoms with Crippen molar-refractivity contribution in [2.75, 3.05) is 13.1 Å². The van der Waals surface area contributed by atoms with E-state index >= 15 is 0 Å². The number of hydrogen-bond acceptors (Lipinski definition) is 4. The third-order valence-corrected chi connectivity index (χ3v) is 4.88. The first kappa shape index (κ1) is 17.1. The Kier molecular flexibility index (Phi) is 6.16. The normalized spacial score (nSPS) is 12.3. The minimum Gasteiger partial charge on any atom is -0.330 e. The molecular weight excluding hydrogens is 276 g/mol. The van der Waals surface area contributed by atoms with Crippen molar-refractivity contribution in [2.45, 2.75) is 52.0 Å². The minimum absolute atomic E-state index is 0.304. The first-order valence-corrected chi connectivity index (χ1v) is 8.51. The van der Waals surface area contributed by atoms with Gasteiger partial charge in [0.1, 0.15) is 4.90 Å². The van der Waals surface area contributed by atoms with E-state index in [1.54, 1.807) is 18.5 Å². The lowest BCUT2D eigenvalue weighted by atomic mass is 10.1. The molecule has 1 heterocycles. The third kappa shape index (κ3) is 4.29. The van der Waals surface area contributed by atoms with Crippen LogP contribution in [0.4, 0.5) is 0 Å². The number of aryl methyl sites for hydroxylation is 2. The number of hydrogen-bond donors (Lipinski definition) is 2. The van der Waals surface area contributed by atoms with Crippen LogP contribution in [0.2, 0.25) is 0 Å². The van der Waals surface area contributed by atoms with Gasteiger partial charge in [0.15, 0.2) is 0 Å². The maximum atomic E-state index is 12.4. The first-order chi connectivity index (χ1) is 9.29. The molecule has 0 unspecified atom stereocenters. The van der Waals surface area contributed by atoms with Gasteiger partial charge in [-0.25, -0.2) is 13.1 Å². The lowest BCUT2D eigenvalue weighted by molar-refractivity contribution is 0.549. The molecule has 116 valence electrons. The van der Waals surface area contributed by atoms with Crippen molar-refractivity contribution in [1.29, 1.82) is 0 Å². The van der Waals surface area contributed by atoms with Crippen LogP contribution < -0.4 is 10.5 Å². The summed E-state index contributed by atoms with van der Waals surface area (Å²) in [6.07, 6.45) is 1.60. The molecule has 0 saturated carbocycles. The average Bonchev–Trinajstić information content (AvgIpc) is 2.61. The smallest absolute Gasteiger partial charge is 0.244 e. The Labute approximate surface area is 121 Å². The van der Waals surface area contributed by atoms with Gasteiger partial charge in [-0.2, -0.15) is 5.10 Å². The number of sulfonamides is 1. The van der Waals surface area contributed by atoms with Gasteiger partial charge < -0.3 is 5.73 Å². The molecule has 0 bridgehead atoms. The largest absolute Gasteiger partial charge is 0.330 e. The molecule has 0 radical (unpaired) electrons. The monoisotopic (exact) mass is 302 g/mol. The summed E-state index contributed by atoms with van der Waals surface area (Å²) in [5.41, 5.74) is 6.69. The lowest BCUT2D eigenvalue weighted by Crippen LogP contribution is -2.26. The van der Waals surface area contributed by atoms with E-state index in [9.17, 15) is 8.42 Å². The van der Waals surface area contributed by atoms with E-state index in [1.165, 1.54) is 0 Å². The molecule has 20 heavy (non-hydrogen) atoms. The summed E-state index contributed by atoms with van der Waals surface area (Å²) in [4.78, 5) is 0.304. The highest BCUT2D eigenvalue weighted by Crippen LogP contribution is 2.19. The fourth-order valence-electron chi connectivity index (χ4n) is 2.08. The van der Waals surface area contributed by atoms with Gasteiger partial charge in [0.2, 0.25) is 10.0 Å². The van der Waals surface area contributed by atoms with Crippen LogP contribution >= 0.6 is 0 Å². The SMILES string of the molecule is Cc1nn(CCCN)c(C)c1S(=O)(=O)NCCC(C)C. The molecule has 0 fully saturated rings. The number of nitrogens with two attached hydrogens (primary N) is 1. The second-order valence-electron chi connectivity index (χ2n) is 5.45. The number of aromatic nitrogens is 2. The van der Waals surface area contributed by atoms with Gasteiger partial charge in [-0.1, -0.05) is 13.8 Å². The predicted octanol–water partition coefficient (Wildman–Crippen LogP) is 1.17. The summed E-state index contributed by atoms with van der Waals surface area (Å²) in [7, 11) is -3.49. The number of nitrogens with one attached hydrogen (secondary N) is 1. The van der Waals surface area contributed by atoms with Crippen LogP contribution in [-0.4, -0.2) is 31.3 Å². The molecule has 1 aromatic rings. The summed E-state index contributed by atoms with van der Waals surface area (Å²) in [6.45, 7) is 9.30. The van der Waals surface area contributed by atoms with E-state index in [4.69, 9.17) is 5.73 Å². The Morgan fingerprint density at radius 1 is 1.35 bits per heavy atom. The molecule has 0 atom stereocenters. The number of nitrogens with zero attached hydrogens (tertiary/aromatic N) is 2. The maximum Gasteiger partial charge on any atom is 0.244 e. The Balaban J connectivity index is 2.91. The summed E-state index contributed by atoms with van der Waals surface area (Å²) in [6, 6.07) is 0. The fourth-order valence-corrected chi connectivity index (χ4v) is 3.54. The summed E-state index contributed by atoms with van der Waals surface area (Å²) < 4.78 is 29.1. The van der Waals surface area contributed by atoms with Gasteiger partial charge in [-0.15, -0.1) is 0 Å². The van der Waals surface area contributed by atoms with Crippen LogP contribution in [0.15, 0.2) is 4.90 Å².